The van der Waals surface area contributed by atoms with Gasteiger partial charge in [-0.05, 0) is 111 Å². The summed E-state index contributed by atoms with van der Waals surface area (Å²) in [6.07, 6.45) is 13.9. The number of benzene rings is 7. The molecule has 7 aromatic carbocycles. The van der Waals surface area contributed by atoms with Gasteiger partial charge in [0.1, 0.15) is 17.2 Å². The van der Waals surface area contributed by atoms with Crippen molar-refractivity contribution in [1.29, 1.82) is 0 Å². The van der Waals surface area contributed by atoms with Crippen LogP contribution in [0.1, 0.15) is 24.3 Å². The average molecular weight is 2230 g/mol. The van der Waals surface area contributed by atoms with Gasteiger partial charge in [0.2, 0.25) is 0 Å². The Morgan fingerprint density at radius 2 is 0.920 bits per heavy atom. The fourth-order valence-corrected chi connectivity index (χ4v) is 9.12. The fourth-order valence-electron chi connectivity index (χ4n) is 8.13. The van der Waals surface area contributed by atoms with Crippen LogP contribution in [-0.2, 0) is 101 Å². The quantitative estimate of drug-likeness (QED) is 0.102. The third-order valence-electron chi connectivity index (χ3n) is 12.8. The Balaban J connectivity index is 0.000000299. The maximum absolute atomic E-state index is 13.2. The van der Waals surface area contributed by atoms with E-state index in [2.05, 4.69) is 102 Å². The first kappa shape index (κ1) is 85.0. The van der Waals surface area contributed by atoms with E-state index in [-0.39, 0.29) is 123 Å². The van der Waals surface area contributed by atoms with Crippen molar-refractivity contribution in [3.8, 4) is 61.3 Å². The predicted octanol–water partition coefficient (Wildman–Crippen LogP) is 19.2. The van der Waals surface area contributed by atoms with Crippen molar-refractivity contribution < 1.29 is 129 Å². The fraction of sp³-hybridized carbons (Fsp3) is 0.0250. The number of carbonyl (C=O) groups is 1. The topological polar surface area (TPSA) is 173 Å². The molecule has 15 aromatic rings. The summed E-state index contributed by atoms with van der Waals surface area (Å²) in [5, 5.41) is 32.5. The van der Waals surface area contributed by atoms with Gasteiger partial charge in [-0.3, -0.25) is 13.5 Å². The van der Waals surface area contributed by atoms with Gasteiger partial charge in [-0.25, -0.2) is 21.1 Å². The van der Waals surface area contributed by atoms with Crippen LogP contribution in [0, 0.1) is 48.0 Å². The maximum Gasteiger partial charge on any atom is 0.354 e. The Morgan fingerprint density at radius 1 is 0.440 bits per heavy atom. The Hall–Kier alpha value is -9.21. The molecule has 100 heavy (non-hydrogen) atoms. The standard InChI is InChI=1S/C15H10N.C13H8NS.C11H6F2N.2C11H8N.C9H7N2.C6H5NO2.C4H8O2.5Ir/c1-2-7-13(8-3-1)15-14-9-5-4-6-12(14)10-11-16-15;1-2-7-12-10(5-1)9-13(15-12)11-6-3-4-8-14-11;12-8-4-5-9(10(13)7-8)11-3-1-2-6-14-11;2*1-2-6-10(7-3-1)11-8-4-5-9-12-11;1-2-5-9(6-3-1)11-8-4-7-10-11;8-6(9)5-3-1-2-4-7-5;1-3(5)4(2)6;;;;;/h1-7,9-11H;1-8H;1-4,6-7H;2*1-6,8-9H;1-5,7-8H;1-4H,(H,8,9);5-6H,1-2H3;;;;;/q6*-1;;;;;;;. The van der Waals surface area contributed by atoms with Gasteiger partial charge >= 0.3 is 5.97 Å². The number of carboxylic acid groups (broad SMARTS) is 1. The van der Waals surface area contributed by atoms with Crippen molar-refractivity contribution in [2.45, 2.75) is 13.8 Å². The van der Waals surface area contributed by atoms with Crippen molar-refractivity contribution >= 4 is 38.2 Å². The molecule has 15 rings (SSSR count). The third-order valence-corrected chi connectivity index (χ3v) is 13.9. The number of allylic oxidation sites excluding steroid dienone is 2. The second-order valence-corrected chi connectivity index (χ2v) is 20.6. The number of hydrogen-bond acceptors (Lipinski definition) is 11. The van der Waals surface area contributed by atoms with Crippen LogP contribution >= 0.6 is 11.3 Å². The number of thiophene rings is 1. The van der Waals surface area contributed by atoms with E-state index in [0.717, 1.165) is 62.2 Å². The van der Waals surface area contributed by atoms with Crippen molar-refractivity contribution in [1.82, 2.24) is 39.7 Å². The molecule has 5 radical (unpaired) electrons. The Kier molecular flexibility index (Phi) is 40.6. The van der Waals surface area contributed by atoms with Crippen molar-refractivity contribution in [2.75, 3.05) is 0 Å². The summed E-state index contributed by atoms with van der Waals surface area (Å²) in [4.78, 5) is 36.0. The summed E-state index contributed by atoms with van der Waals surface area (Å²) < 4.78 is 28.8. The van der Waals surface area contributed by atoms with E-state index < -0.39 is 17.6 Å². The van der Waals surface area contributed by atoms with Crippen molar-refractivity contribution in [3.05, 3.63) is 376 Å². The van der Waals surface area contributed by atoms with Crippen LogP contribution in [0.2, 0.25) is 0 Å². The Morgan fingerprint density at radius 3 is 1.37 bits per heavy atom. The number of hydrogen-bond donors (Lipinski definition) is 3. The smallest absolute Gasteiger partial charge is 0.354 e. The van der Waals surface area contributed by atoms with Gasteiger partial charge in [0, 0.05) is 167 Å². The molecule has 20 heteroatoms. The second kappa shape index (κ2) is 47.7. The predicted molar refractivity (Wildman–Crippen MR) is 373 cm³/mol. The number of carboxylic acids is 1. The van der Waals surface area contributed by atoms with Crippen LogP contribution < -0.4 is 0 Å². The molecular formula is C80H60F2Ir5N8O4S-6. The third kappa shape index (κ3) is 28.6. The molecule has 515 valence electrons. The van der Waals surface area contributed by atoms with E-state index in [1.165, 1.54) is 47.0 Å². The zero-order valence-corrected chi connectivity index (χ0v) is 65.9. The molecular weight excluding hydrogens is 2170 g/mol. The summed E-state index contributed by atoms with van der Waals surface area (Å²) in [5.74, 6) is -2.31. The molecule has 0 spiro atoms. The van der Waals surface area contributed by atoms with E-state index in [4.69, 9.17) is 15.3 Å². The summed E-state index contributed by atoms with van der Waals surface area (Å²) in [7, 11) is 0. The number of aliphatic hydroxyl groups excluding tert-OH is 2. The first-order valence-corrected chi connectivity index (χ1v) is 30.2. The number of halogens is 2. The van der Waals surface area contributed by atoms with Gasteiger partial charge in [-0.1, -0.05) is 103 Å². The molecule has 8 aromatic heterocycles. The molecule has 0 aliphatic rings. The van der Waals surface area contributed by atoms with E-state index in [1.807, 2.05) is 201 Å². The van der Waals surface area contributed by atoms with Crippen LogP contribution in [0.5, 0.6) is 0 Å². The van der Waals surface area contributed by atoms with Gasteiger partial charge in [-0.2, -0.15) is 29.4 Å². The monoisotopic (exact) mass is 2230 g/mol. The first-order chi connectivity index (χ1) is 46.5. The van der Waals surface area contributed by atoms with Gasteiger partial charge in [-0.15, -0.1) is 149 Å². The molecule has 8 heterocycles. The molecule has 0 aliphatic carbocycles. The molecule has 0 amide bonds. The number of aromatic nitrogens is 8. The first-order valence-electron chi connectivity index (χ1n) is 29.3. The number of nitrogens with zero attached hydrogens (tertiary/aromatic N) is 8. The molecule has 0 aliphatic heterocycles. The summed E-state index contributed by atoms with van der Waals surface area (Å²) in [5.41, 5.74) is 8.75. The average Bonchev–Trinajstić information content (AvgIpc) is 0.979. The van der Waals surface area contributed by atoms with Gasteiger partial charge in [0.05, 0.1) is 0 Å². The Labute approximate surface area is 651 Å². The number of aliphatic hydroxyl groups is 2. The summed E-state index contributed by atoms with van der Waals surface area (Å²) >= 11 is 1.73. The number of rotatable bonds is 7. The van der Waals surface area contributed by atoms with Crippen molar-refractivity contribution in [3.63, 3.8) is 0 Å². The Bertz CT molecular complexity index is 4490. The second-order valence-electron chi connectivity index (χ2n) is 19.6. The van der Waals surface area contributed by atoms with E-state index in [0.29, 0.717) is 5.69 Å². The SMILES string of the molecule is CC(O)=C(C)O.Fc1c[c-]c(-c2ccccn2)c(F)c1.O=C(O)c1ccccn1.[Ir].[Ir].[Ir].[Ir].[Ir].[c-]1c(-c2ccccn2)sc2ccccc12.[c-]1ccccc1-c1ccccn1.[c-]1ccccc1-c1ccccn1.[c-]1ccccc1-c1nccc2ccccc12.[c-]1ccccc1-n1cccn1. The van der Waals surface area contributed by atoms with Crippen LogP contribution in [0.3, 0.4) is 0 Å². The summed E-state index contributed by atoms with van der Waals surface area (Å²) in [6, 6.07) is 99.7. The minimum absolute atomic E-state index is 0. The zero-order valence-electron chi connectivity index (χ0n) is 53.1. The minimum Gasteiger partial charge on any atom is -0.509 e. The number of aromatic carboxylic acids is 1. The van der Waals surface area contributed by atoms with Crippen LogP contribution in [0.15, 0.2) is 322 Å². The maximum atomic E-state index is 13.2. The van der Waals surface area contributed by atoms with E-state index in [1.54, 1.807) is 71.1 Å². The van der Waals surface area contributed by atoms with Gasteiger partial charge < -0.3 is 40.2 Å². The van der Waals surface area contributed by atoms with Crippen LogP contribution in [0.4, 0.5) is 8.78 Å². The van der Waals surface area contributed by atoms with Gasteiger partial charge in [0.15, 0.2) is 0 Å². The molecule has 0 bridgehead atoms. The molecule has 0 atom stereocenters. The zero-order chi connectivity index (χ0) is 66.7. The minimum atomic E-state index is -0.990. The van der Waals surface area contributed by atoms with Gasteiger partial charge in [0.25, 0.3) is 0 Å². The molecule has 3 N–H and O–H groups in total. The number of fused-ring (bicyclic) bond motifs is 2. The molecule has 0 unspecified atom stereocenters. The molecule has 0 saturated heterocycles. The molecule has 0 fully saturated rings. The number of pyridine rings is 6. The van der Waals surface area contributed by atoms with E-state index in [9.17, 15) is 13.6 Å². The summed E-state index contributed by atoms with van der Waals surface area (Å²) in [6.45, 7) is 2.85. The van der Waals surface area contributed by atoms with E-state index >= 15 is 0 Å². The molecule has 0 saturated carbocycles. The largest absolute Gasteiger partial charge is 0.509 e. The normalized spacial score (nSPS) is 9.72. The van der Waals surface area contributed by atoms with Crippen LogP contribution in [-0.4, -0.2) is 61.0 Å². The van der Waals surface area contributed by atoms with Crippen LogP contribution in [0.25, 0.3) is 82.1 Å². The van der Waals surface area contributed by atoms with Crippen molar-refractivity contribution in [2.24, 2.45) is 0 Å². The molecule has 12 nitrogen and oxygen atoms in total. The number of para-hydroxylation sites is 1.